The van der Waals surface area contributed by atoms with Crippen molar-refractivity contribution in [2.24, 2.45) is 0 Å². The summed E-state index contributed by atoms with van der Waals surface area (Å²) in [5.41, 5.74) is -0.515. The van der Waals surface area contributed by atoms with Gasteiger partial charge in [0.2, 0.25) is 5.75 Å². The summed E-state index contributed by atoms with van der Waals surface area (Å²) < 4.78 is 12.7. The van der Waals surface area contributed by atoms with E-state index < -0.39 is 11.4 Å². The van der Waals surface area contributed by atoms with Crippen LogP contribution >= 0.6 is 0 Å². The smallest absolute Gasteiger partial charge is 0.209 e. The van der Waals surface area contributed by atoms with E-state index in [9.17, 15) is 9.50 Å². The molecule has 4 heteroatoms. The summed E-state index contributed by atoms with van der Waals surface area (Å²) in [7, 11) is 0. The van der Waals surface area contributed by atoms with Gasteiger partial charge in [-0.1, -0.05) is 0 Å². The van der Waals surface area contributed by atoms with Crippen molar-refractivity contribution < 1.29 is 19.3 Å². The fourth-order valence-corrected chi connectivity index (χ4v) is 0.725. The average Bonchev–Trinajstić information content (AvgIpc) is 2.05. The molecule has 1 aromatic carbocycles. The first-order valence-electron chi connectivity index (χ1n) is 4.23. The van der Waals surface area contributed by atoms with E-state index >= 15 is 0 Å². The predicted molar refractivity (Wildman–Crippen MR) is 49.5 cm³/mol. The second-order valence-corrected chi connectivity index (χ2v) is 3.89. The summed E-state index contributed by atoms with van der Waals surface area (Å²) in [5.74, 6) is -0.675. The monoisotopic (exact) mass is 200 g/mol. The standard InChI is InChI=1S/C10H13FO3/c1-10(2,3)14-13-9-6-7(11)4-5-8(9)12/h4-6,12H,1-3H3. The maximum atomic E-state index is 12.7. The zero-order valence-electron chi connectivity index (χ0n) is 8.37. The summed E-state index contributed by atoms with van der Waals surface area (Å²) in [5, 5.41) is 9.26. The maximum absolute atomic E-state index is 12.7. The lowest BCUT2D eigenvalue weighted by molar-refractivity contribution is -0.275. The van der Waals surface area contributed by atoms with Gasteiger partial charge >= 0.3 is 0 Å². The molecule has 0 bridgehead atoms. The highest BCUT2D eigenvalue weighted by molar-refractivity contribution is 5.38. The first-order valence-corrected chi connectivity index (χ1v) is 4.23. The van der Waals surface area contributed by atoms with E-state index in [1.54, 1.807) is 20.8 Å². The Hall–Kier alpha value is -1.29. The molecule has 0 saturated heterocycles. The number of rotatable bonds is 2. The maximum Gasteiger partial charge on any atom is 0.209 e. The molecular formula is C10H13FO3. The van der Waals surface area contributed by atoms with E-state index in [0.717, 1.165) is 12.1 Å². The topological polar surface area (TPSA) is 38.7 Å². The molecular weight excluding hydrogens is 187 g/mol. The number of benzene rings is 1. The van der Waals surface area contributed by atoms with Crippen molar-refractivity contribution in [2.45, 2.75) is 26.4 Å². The van der Waals surface area contributed by atoms with Crippen LogP contribution in [0.1, 0.15) is 20.8 Å². The molecule has 1 aromatic rings. The molecule has 0 unspecified atom stereocenters. The van der Waals surface area contributed by atoms with Crippen LogP contribution in [0, 0.1) is 5.82 Å². The van der Waals surface area contributed by atoms with E-state index in [1.807, 2.05) is 0 Å². The molecule has 0 heterocycles. The van der Waals surface area contributed by atoms with Crippen LogP contribution in [-0.4, -0.2) is 10.7 Å². The normalized spacial score (nSPS) is 11.4. The first kappa shape index (κ1) is 10.8. The van der Waals surface area contributed by atoms with Gasteiger partial charge in [-0.3, -0.25) is 0 Å². The van der Waals surface area contributed by atoms with Crippen LogP contribution in [0.15, 0.2) is 18.2 Å². The molecule has 0 aliphatic carbocycles. The van der Waals surface area contributed by atoms with Crippen molar-refractivity contribution in [3.05, 3.63) is 24.0 Å². The molecule has 0 fully saturated rings. The lowest BCUT2D eigenvalue weighted by Gasteiger charge is -2.17. The minimum Gasteiger partial charge on any atom is -0.504 e. The van der Waals surface area contributed by atoms with Gasteiger partial charge in [-0.2, -0.15) is 4.89 Å². The molecule has 0 saturated carbocycles. The SMILES string of the molecule is CC(C)(C)OOc1cc(F)ccc1O. The largest absolute Gasteiger partial charge is 0.504 e. The molecule has 78 valence electrons. The van der Waals surface area contributed by atoms with Crippen LogP contribution in [-0.2, 0) is 4.89 Å². The number of halogens is 1. The highest BCUT2D eigenvalue weighted by Gasteiger charge is 2.14. The molecule has 14 heavy (non-hydrogen) atoms. The number of aromatic hydroxyl groups is 1. The first-order chi connectivity index (χ1) is 6.38. The third-order valence-corrected chi connectivity index (χ3v) is 1.30. The molecule has 0 radical (unpaired) electrons. The molecule has 0 atom stereocenters. The molecule has 0 spiro atoms. The Morgan fingerprint density at radius 2 is 1.93 bits per heavy atom. The van der Waals surface area contributed by atoms with Gasteiger partial charge in [0.25, 0.3) is 0 Å². The van der Waals surface area contributed by atoms with Gasteiger partial charge in [0.15, 0.2) is 5.75 Å². The van der Waals surface area contributed by atoms with Crippen LogP contribution < -0.4 is 4.89 Å². The molecule has 0 aliphatic heterocycles. The summed E-state index contributed by atoms with van der Waals surface area (Å²) >= 11 is 0. The van der Waals surface area contributed by atoms with E-state index in [1.165, 1.54) is 6.07 Å². The Labute approximate surface area is 82.0 Å². The van der Waals surface area contributed by atoms with Crippen molar-refractivity contribution in [3.63, 3.8) is 0 Å². The summed E-state index contributed by atoms with van der Waals surface area (Å²) in [4.78, 5) is 9.72. The Balaban J connectivity index is 2.72. The zero-order chi connectivity index (χ0) is 10.8. The summed E-state index contributed by atoms with van der Waals surface area (Å²) in [6.45, 7) is 5.34. The van der Waals surface area contributed by atoms with Gasteiger partial charge in [-0.15, -0.1) is 0 Å². The van der Waals surface area contributed by atoms with Gasteiger partial charge in [0.05, 0.1) is 0 Å². The van der Waals surface area contributed by atoms with Crippen molar-refractivity contribution in [1.82, 2.24) is 0 Å². The minimum atomic E-state index is -0.515. The molecule has 1 rings (SSSR count). The zero-order valence-corrected chi connectivity index (χ0v) is 8.37. The lowest BCUT2D eigenvalue weighted by Crippen LogP contribution is -2.21. The third-order valence-electron chi connectivity index (χ3n) is 1.30. The predicted octanol–water partition coefficient (Wildman–Crippen LogP) is 2.64. The van der Waals surface area contributed by atoms with Crippen LogP contribution in [0.2, 0.25) is 0 Å². The molecule has 0 amide bonds. The van der Waals surface area contributed by atoms with Crippen molar-refractivity contribution in [2.75, 3.05) is 0 Å². The van der Waals surface area contributed by atoms with Crippen molar-refractivity contribution in [3.8, 4) is 11.5 Å². The molecule has 1 N–H and O–H groups in total. The number of phenolic OH excluding ortho intramolecular Hbond substituents is 1. The minimum absolute atomic E-state index is 0.0278. The Morgan fingerprint density at radius 1 is 1.29 bits per heavy atom. The van der Waals surface area contributed by atoms with Crippen LogP contribution in [0.5, 0.6) is 11.5 Å². The van der Waals surface area contributed by atoms with E-state index in [0.29, 0.717) is 0 Å². The van der Waals surface area contributed by atoms with Crippen molar-refractivity contribution >= 4 is 0 Å². The molecule has 0 aliphatic rings. The van der Waals surface area contributed by atoms with E-state index in [2.05, 4.69) is 0 Å². The highest BCUT2D eigenvalue weighted by Crippen LogP contribution is 2.27. The second kappa shape index (κ2) is 3.84. The fourth-order valence-electron chi connectivity index (χ4n) is 0.725. The quantitative estimate of drug-likeness (QED) is 0.589. The Bertz CT molecular complexity index is 318. The van der Waals surface area contributed by atoms with Crippen LogP contribution in [0.4, 0.5) is 4.39 Å². The third kappa shape index (κ3) is 3.22. The number of hydrogen-bond acceptors (Lipinski definition) is 3. The molecule has 3 nitrogen and oxygen atoms in total. The Morgan fingerprint density at radius 3 is 2.50 bits per heavy atom. The lowest BCUT2D eigenvalue weighted by atomic mass is 10.2. The van der Waals surface area contributed by atoms with Gasteiger partial charge in [-0.25, -0.2) is 4.39 Å². The number of phenols is 1. The van der Waals surface area contributed by atoms with Crippen LogP contribution in [0.25, 0.3) is 0 Å². The highest BCUT2D eigenvalue weighted by atomic mass is 19.1. The van der Waals surface area contributed by atoms with Gasteiger partial charge in [-0.05, 0) is 32.9 Å². The fraction of sp³-hybridized carbons (Fsp3) is 0.400. The van der Waals surface area contributed by atoms with Gasteiger partial charge in [0.1, 0.15) is 11.4 Å². The molecule has 0 aromatic heterocycles. The Kier molecular flexibility index (Phi) is 2.96. The second-order valence-electron chi connectivity index (χ2n) is 3.89. The van der Waals surface area contributed by atoms with Crippen molar-refractivity contribution in [1.29, 1.82) is 0 Å². The van der Waals surface area contributed by atoms with Gasteiger partial charge in [0, 0.05) is 6.07 Å². The number of hydrogen-bond donors (Lipinski definition) is 1. The van der Waals surface area contributed by atoms with E-state index in [-0.39, 0.29) is 11.5 Å². The van der Waals surface area contributed by atoms with Gasteiger partial charge < -0.3 is 9.99 Å². The summed E-state index contributed by atoms with van der Waals surface area (Å²) in [6, 6.07) is 3.40. The summed E-state index contributed by atoms with van der Waals surface area (Å²) in [6.07, 6.45) is 0. The average molecular weight is 200 g/mol. The van der Waals surface area contributed by atoms with E-state index in [4.69, 9.17) is 9.78 Å². The van der Waals surface area contributed by atoms with Crippen LogP contribution in [0.3, 0.4) is 0 Å².